The number of aromatic nitrogens is 6. The molecule has 0 aliphatic heterocycles. The van der Waals surface area contributed by atoms with Gasteiger partial charge in [0.2, 0.25) is 0 Å². The van der Waals surface area contributed by atoms with Gasteiger partial charge in [0.25, 0.3) is 0 Å². The Morgan fingerprint density at radius 1 is 1.37 bits per heavy atom. The van der Waals surface area contributed by atoms with Crippen molar-refractivity contribution in [2.75, 3.05) is 0 Å². The first-order valence-corrected chi connectivity index (χ1v) is 4.90. The zero-order valence-electron chi connectivity index (χ0n) is 9.28. The first-order valence-electron chi connectivity index (χ1n) is 4.90. The Morgan fingerprint density at radius 2 is 2.16 bits per heavy atom. The summed E-state index contributed by atoms with van der Waals surface area (Å²) < 4.78 is 2.54. The number of aromatic amines is 1. The summed E-state index contributed by atoms with van der Waals surface area (Å²) in [6.07, 6.45) is 2.35. The van der Waals surface area contributed by atoms with Gasteiger partial charge in [0.05, 0.1) is 18.0 Å². The number of hydrogen-bond donors (Lipinski definition) is 1. The number of nitrogens with one attached hydrogen (secondary N) is 1. The van der Waals surface area contributed by atoms with E-state index in [4.69, 9.17) is 0 Å². The molecule has 100 valence electrons. The minimum atomic E-state index is -0.896. The second kappa shape index (κ2) is 5.03. The van der Waals surface area contributed by atoms with Crippen molar-refractivity contribution in [2.24, 2.45) is 5.10 Å². The monoisotopic (exact) mass is 269 g/mol. The van der Waals surface area contributed by atoms with Crippen LogP contribution in [0.2, 0.25) is 0 Å². The summed E-state index contributed by atoms with van der Waals surface area (Å²) in [5.41, 5.74) is -0.338. The molecule has 2 heterocycles. The van der Waals surface area contributed by atoms with Crippen LogP contribution in [-0.2, 0) is 13.1 Å². The van der Waals surface area contributed by atoms with Crippen LogP contribution in [0.25, 0.3) is 0 Å². The van der Waals surface area contributed by atoms with E-state index in [0.717, 1.165) is 6.20 Å². The van der Waals surface area contributed by atoms with E-state index in [0.29, 0.717) is 0 Å². The zero-order chi connectivity index (χ0) is 13.8. The summed E-state index contributed by atoms with van der Waals surface area (Å²) in [6.45, 7) is 0.432. The molecule has 2 aromatic rings. The molecule has 0 saturated heterocycles. The second-order valence-corrected chi connectivity index (χ2v) is 3.31. The number of nitro groups is 2. The van der Waals surface area contributed by atoms with E-state index in [1.165, 1.54) is 15.6 Å². The van der Waals surface area contributed by atoms with Gasteiger partial charge in [-0.25, -0.2) is 14.8 Å². The highest BCUT2D eigenvalue weighted by Crippen LogP contribution is 2.07. The first kappa shape index (κ1) is 12.3. The molecular weight excluding hydrogens is 262 g/mol. The van der Waals surface area contributed by atoms with Crippen LogP contribution >= 0.6 is 0 Å². The molecule has 0 saturated carbocycles. The van der Waals surface area contributed by atoms with Crippen molar-refractivity contribution in [3.8, 4) is 0 Å². The third kappa shape index (κ3) is 2.96. The quantitative estimate of drug-likeness (QED) is 0.509. The molecule has 19 heavy (non-hydrogen) atoms. The van der Waals surface area contributed by atoms with Gasteiger partial charge in [-0.05, 0) is 5.21 Å². The highest BCUT2D eigenvalue weighted by molar-refractivity contribution is 5.20. The molecule has 0 atom stereocenters. The van der Waals surface area contributed by atoms with Gasteiger partial charge in [-0.1, -0.05) is 5.10 Å². The van der Waals surface area contributed by atoms with Gasteiger partial charge in [0, 0.05) is 0 Å². The smallest absolute Gasteiger partial charge is 0.264 e. The van der Waals surface area contributed by atoms with Gasteiger partial charge >= 0.3 is 11.3 Å². The minimum absolute atomic E-state index is 0.136. The van der Waals surface area contributed by atoms with E-state index in [1.807, 2.05) is 0 Å². The number of aryl methyl sites for hydroxylation is 2. The normalized spacial score (nSPS) is 11.7. The molecule has 0 unspecified atom stereocenters. The number of nitrogens with zero attached hydrogens (tertiary/aromatic N) is 8. The van der Waals surface area contributed by atoms with Crippen molar-refractivity contribution in [1.82, 2.24) is 30.0 Å². The van der Waals surface area contributed by atoms with Gasteiger partial charge in [0.1, 0.15) is 17.5 Å². The lowest BCUT2D eigenvalue weighted by Crippen LogP contribution is -2.24. The van der Waals surface area contributed by atoms with Crippen molar-refractivity contribution < 1.29 is 9.96 Å². The average molecular weight is 269 g/mol. The van der Waals surface area contributed by atoms with Crippen LogP contribution in [0, 0.1) is 20.2 Å². The molecule has 13 heteroatoms. The standard InChI is InChI=1S/C6H7N9O4/c16-14(17)5-3-7-12(4-5)1-2-13-6(8-10-11-13)9-15(18)19/h3-4H,1-2H2,(H,8,9,11). The molecule has 2 aromatic heterocycles. The van der Waals surface area contributed by atoms with E-state index in [1.54, 1.807) is 0 Å². The first-order chi connectivity index (χ1) is 9.06. The minimum Gasteiger partial charge on any atom is -0.264 e. The van der Waals surface area contributed by atoms with Gasteiger partial charge in [0.15, 0.2) is 5.03 Å². The third-order valence-electron chi connectivity index (χ3n) is 2.10. The molecule has 2 rings (SSSR count). The largest absolute Gasteiger partial charge is 0.337 e. The molecule has 0 aromatic carbocycles. The molecule has 0 bridgehead atoms. The highest BCUT2D eigenvalue weighted by Gasteiger charge is 2.09. The van der Waals surface area contributed by atoms with Gasteiger partial charge in [-0.15, -0.1) is 0 Å². The van der Waals surface area contributed by atoms with E-state index in [9.17, 15) is 20.2 Å². The van der Waals surface area contributed by atoms with Crippen molar-refractivity contribution in [2.45, 2.75) is 13.1 Å². The van der Waals surface area contributed by atoms with Crippen molar-refractivity contribution in [3.05, 3.63) is 38.2 Å². The van der Waals surface area contributed by atoms with Crippen LogP contribution in [0.15, 0.2) is 17.5 Å². The van der Waals surface area contributed by atoms with Crippen molar-refractivity contribution in [3.63, 3.8) is 0 Å². The Hall–Kier alpha value is -3.12. The Labute approximate surface area is 103 Å². The Bertz CT molecular complexity index is 666. The summed E-state index contributed by atoms with van der Waals surface area (Å²) in [6, 6.07) is 0. The van der Waals surface area contributed by atoms with E-state index < -0.39 is 9.96 Å². The lowest BCUT2D eigenvalue weighted by Gasteiger charge is -1.99. The van der Waals surface area contributed by atoms with E-state index in [-0.39, 0.29) is 24.4 Å². The second-order valence-electron chi connectivity index (χ2n) is 3.31. The van der Waals surface area contributed by atoms with Crippen LogP contribution < -0.4 is 5.62 Å². The van der Waals surface area contributed by atoms with E-state index in [2.05, 4.69) is 25.7 Å². The van der Waals surface area contributed by atoms with Crippen LogP contribution in [0.4, 0.5) is 5.69 Å². The Balaban J connectivity index is 2.08. The zero-order valence-corrected chi connectivity index (χ0v) is 9.28. The van der Waals surface area contributed by atoms with Gasteiger partial charge in [-0.3, -0.25) is 14.8 Å². The SMILES string of the molecule is O=[N+]([O-])/N=c1/nn[nH]n1CCn1cc([N+](=O)[O-])cn1. The summed E-state index contributed by atoms with van der Waals surface area (Å²) in [7, 11) is 0. The van der Waals surface area contributed by atoms with Gasteiger partial charge in [-0.2, -0.15) is 10.3 Å². The summed E-state index contributed by atoms with van der Waals surface area (Å²) in [5.74, 6) is 0. The average Bonchev–Trinajstić information content (AvgIpc) is 2.94. The number of rotatable bonds is 5. The summed E-state index contributed by atoms with van der Waals surface area (Å²) in [4.78, 5) is 20.1. The molecule has 1 N–H and O–H groups in total. The maximum Gasteiger partial charge on any atom is 0.337 e. The fourth-order valence-corrected chi connectivity index (χ4v) is 1.29. The van der Waals surface area contributed by atoms with Crippen molar-refractivity contribution >= 4 is 5.69 Å². The fourth-order valence-electron chi connectivity index (χ4n) is 1.29. The number of H-pyrrole nitrogens is 1. The van der Waals surface area contributed by atoms with Crippen LogP contribution in [-0.4, -0.2) is 39.9 Å². The highest BCUT2D eigenvalue weighted by atomic mass is 16.7. The predicted octanol–water partition coefficient (Wildman–Crippen LogP) is -1.50. The van der Waals surface area contributed by atoms with Crippen LogP contribution in [0.3, 0.4) is 0 Å². The summed E-state index contributed by atoms with van der Waals surface area (Å²) >= 11 is 0. The Morgan fingerprint density at radius 3 is 2.79 bits per heavy atom. The topological polar surface area (TPSA) is 163 Å². The molecule has 0 aliphatic carbocycles. The van der Waals surface area contributed by atoms with Crippen LogP contribution in [0.5, 0.6) is 0 Å². The molecule has 0 amide bonds. The lowest BCUT2D eigenvalue weighted by molar-refractivity contribution is -0.491. The number of tetrazole rings is 1. The number of hydrogen-bond acceptors (Lipinski definition) is 7. The maximum atomic E-state index is 10.5. The molecule has 0 spiro atoms. The molecule has 13 nitrogen and oxygen atoms in total. The maximum absolute atomic E-state index is 10.5. The van der Waals surface area contributed by atoms with Crippen LogP contribution in [0.1, 0.15) is 0 Å². The fraction of sp³-hybridized carbons (Fsp3) is 0.333. The summed E-state index contributed by atoms with van der Waals surface area (Å²) in [5, 5.41) is 35.7. The molecule has 0 fully saturated rings. The lowest BCUT2D eigenvalue weighted by atomic mass is 10.6. The van der Waals surface area contributed by atoms with Gasteiger partial charge < -0.3 is 0 Å². The predicted molar refractivity (Wildman–Crippen MR) is 55.8 cm³/mol. The third-order valence-corrected chi connectivity index (χ3v) is 2.10. The van der Waals surface area contributed by atoms with Crippen molar-refractivity contribution in [1.29, 1.82) is 0 Å². The molecule has 0 aliphatic rings. The molecular formula is C6H7N9O4. The molecule has 0 radical (unpaired) electrons. The Kier molecular flexibility index (Phi) is 3.26. The van der Waals surface area contributed by atoms with E-state index >= 15 is 0 Å².